The van der Waals surface area contributed by atoms with E-state index >= 15 is 0 Å². The fourth-order valence-electron chi connectivity index (χ4n) is 6.94. The minimum atomic E-state index is -1.34. The molecular formula is C32H53B3Br3NO10. The number of carboxylic acids is 2. The van der Waals surface area contributed by atoms with Crippen LogP contribution in [0.25, 0.3) is 0 Å². The summed E-state index contributed by atoms with van der Waals surface area (Å²) in [4.78, 5) is 23.4. The van der Waals surface area contributed by atoms with Crippen molar-refractivity contribution in [1.29, 1.82) is 0 Å². The van der Waals surface area contributed by atoms with Crippen molar-refractivity contribution in [2.75, 3.05) is 19.8 Å². The first kappa shape index (κ1) is 44.7. The van der Waals surface area contributed by atoms with Gasteiger partial charge in [-0.05, 0) is 96.4 Å². The second-order valence-corrected chi connectivity index (χ2v) is 20.6. The Morgan fingerprint density at radius 1 is 0.959 bits per heavy atom. The molecule has 6 N–H and O–H groups in total. The summed E-state index contributed by atoms with van der Waals surface area (Å²) in [6.45, 7) is 9.10. The summed E-state index contributed by atoms with van der Waals surface area (Å²) < 4.78 is 18.3. The molecule has 17 heteroatoms. The maximum Gasteiger partial charge on any atom is 0.457 e. The largest absolute Gasteiger partial charge is 0.481 e. The molecule has 49 heavy (non-hydrogen) atoms. The van der Waals surface area contributed by atoms with Gasteiger partial charge in [0.2, 0.25) is 0 Å². The molecule has 0 spiro atoms. The van der Waals surface area contributed by atoms with E-state index in [1.165, 1.54) is 0 Å². The van der Waals surface area contributed by atoms with Crippen LogP contribution in [0.2, 0.25) is 12.6 Å². The summed E-state index contributed by atoms with van der Waals surface area (Å²) in [7, 11) is -1.56. The van der Waals surface area contributed by atoms with E-state index in [9.17, 15) is 19.8 Å². The number of ether oxygens (including phenoxy) is 1. The van der Waals surface area contributed by atoms with Gasteiger partial charge in [0.15, 0.2) is 0 Å². The van der Waals surface area contributed by atoms with E-state index in [0.29, 0.717) is 38.8 Å². The summed E-state index contributed by atoms with van der Waals surface area (Å²) in [6.07, 6.45) is 7.18. The van der Waals surface area contributed by atoms with E-state index < -0.39 is 36.6 Å². The first-order valence-corrected chi connectivity index (χ1v) is 19.8. The zero-order valence-electron chi connectivity index (χ0n) is 29.1. The second-order valence-electron chi connectivity index (χ2n) is 14.2. The first-order valence-electron chi connectivity index (χ1n) is 17.0. The highest BCUT2D eigenvalue weighted by Gasteiger charge is 2.52. The van der Waals surface area contributed by atoms with E-state index in [2.05, 4.69) is 80.3 Å². The van der Waals surface area contributed by atoms with Gasteiger partial charge in [-0.25, -0.2) is 0 Å². The Labute approximate surface area is 317 Å². The molecule has 1 aromatic carbocycles. The summed E-state index contributed by atoms with van der Waals surface area (Å²) in [5.74, 6) is -1.78. The Hall–Kier alpha value is -0.485. The van der Waals surface area contributed by atoms with Gasteiger partial charge in [-0.2, -0.15) is 0 Å². The van der Waals surface area contributed by atoms with Crippen molar-refractivity contribution in [1.82, 2.24) is 5.32 Å². The second kappa shape index (κ2) is 20.7. The number of carbonyl (C=O) groups is 2. The molecule has 1 aliphatic carbocycles. The highest BCUT2D eigenvalue weighted by molar-refractivity contribution is 9.69. The third-order valence-electron chi connectivity index (χ3n) is 10.4. The van der Waals surface area contributed by atoms with Crippen LogP contribution in [0, 0.1) is 17.3 Å². The van der Waals surface area contributed by atoms with Crippen LogP contribution in [-0.2, 0) is 30.2 Å². The lowest BCUT2D eigenvalue weighted by Gasteiger charge is -2.32. The normalized spacial score (nSPS) is 26.7. The third kappa shape index (κ3) is 13.2. The fourth-order valence-corrected chi connectivity index (χ4v) is 6.94. The topological polar surface area (TPSA) is 175 Å². The van der Waals surface area contributed by atoms with Crippen molar-refractivity contribution in [2.45, 2.75) is 115 Å². The molecule has 4 atom stereocenters. The first-order chi connectivity index (χ1) is 22.9. The van der Waals surface area contributed by atoms with Crippen LogP contribution < -0.4 is 5.32 Å². The molecular weight excluding hydrogens is 830 g/mol. The molecule has 0 amide bonds. The highest BCUT2D eigenvalue weighted by Crippen LogP contribution is 2.47. The fraction of sp³-hybridized carbons (Fsp3) is 0.750. The molecule has 2 saturated heterocycles. The lowest BCUT2D eigenvalue weighted by atomic mass is 9.73. The molecule has 3 aliphatic rings. The molecule has 2 heterocycles. The lowest BCUT2D eigenvalue weighted by Crippen LogP contribution is -2.55. The number of hydrogen-bond acceptors (Lipinski definition) is 9. The van der Waals surface area contributed by atoms with Gasteiger partial charge in [-0.15, -0.1) is 47.3 Å². The number of nitrogens with one attached hydrogen (secondary N) is 1. The van der Waals surface area contributed by atoms with Gasteiger partial charge in [0.05, 0.1) is 36.4 Å². The third-order valence-corrected chi connectivity index (χ3v) is 10.4. The number of rotatable bonds is 15. The highest BCUT2D eigenvalue weighted by atomic mass is 79.9. The number of benzene rings is 1. The van der Waals surface area contributed by atoms with Gasteiger partial charge >= 0.3 is 29.4 Å². The SMILES string of the molecule is BrB(Br)Br.CC1(C)OB(CCC[C@@H]2CCC[C@]2(COCc2ccccc2)C(=O)O)OC1(C)C.O=C(O)[C@@]1(CO)NCC[C@H]1CCCB(O)O. The minimum Gasteiger partial charge on any atom is -0.481 e. The molecule has 1 saturated carbocycles. The summed E-state index contributed by atoms with van der Waals surface area (Å²) in [5, 5.41) is 48.6. The summed E-state index contributed by atoms with van der Waals surface area (Å²) in [5.41, 5.74) is -1.59. The van der Waals surface area contributed by atoms with Crippen LogP contribution in [0.3, 0.4) is 0 Å². The van der Waals surface area contributed by atoms with E-state index in [1.54, 1.807) is 0 Å². The van der Waals surface area contributed by atoms with E-state index in [4.69, 9.17) is 29.2 Å². The van der Waals surface area contributed by atoms with Gasteiger partial charge < -0.3 is 39.4 Å². The standard InChI is InChI=1S/C23H35BO5.C9H18BNO5.BBr3/c1-21(2)22(3,4)29-24(28-21)15-9-13-19-12-8-14-23(19,20(25)26)17-27-16-18-10-6-5-7-11-18;12-6-9(8(13)14)7(3-5-11-9)2-1-4-10(15)16;2-1(3)4/h5-7,10-11,19H,8-9,12-17H2,1-4H3,(H,25,26);7,11-12,15-16H,1-6H2,(H,13,14);/t19-,23+;7-,9+;/m01./s1. The Morgan fingerprint density at radius 2 is 1.55 bits per heavy atom. The van der Waals surface area contributed by atoms with Crippen LogP contribution in [0.5, 0.6) is 0 Å². The smallest absolute Gasteiger partial charge is 0.457 e. The zero-order valence-corrected chi connectivity index (χ0v) is 33.8. The minimum absolute atomic E-state index is 0.137. The van der Waals surface area contributed by atoms with Gasteiger partial charge in [0.1, 0.15) is 5.54 Å². The number of hydrogen-bond donors (Lipinski definition) is 6. The Morgan fingerprint density at radius 3 is 2.08 bits per heavy atom. The molecule has 4 rings (SSSR count). The molecule has 3 fully saturated rings. The molecule has 11 nitrogen and oxygen atoms in total. The molecule has 0 radical (unpaired) electrons. The average Bonchev–Trinajstić information content (AvgIpc) is 3.67. The van der Waals surface area contributed by atoms with Crippen molar-refractivity contribution < 1.29 is 49.0 Å². The van der Waals surface area contributed by atoms with Gasteiger partial charge in [0, 0.05) is 0 Å². The maximum atomic E-state index is 12.2. The van der Waals surface area contributed by atoms with Crippen LogP contribution >= 0.6 is 47.3 Å². The Balaban J connectivity index is 0.000000350. The molecule has 1 aromatic rings. The van der Waals surface area contributed by atoms with Crippen molar-refractivity contribution in [2.24, 2.45) is 17.3 Å². The molecule has 0 aromatic heterocycles. The predicted molar refractivity (Wildman–Crippen MR) is 204 cm³/mol. The average molecular weight is 884 g/mol. The monoisotopic (exact) mass is 881 g/mol. The Kier molecular flexibility index (Phi) is 18.9. The van der Waals surface area contributed by atoms with E-state index in [-0.39, 0.29) is 46.3 Å². The summed E-state index contributed by atoms with van der Waals surface area (Å²) >= 11 is 9.31. The van der Waals surface area contributed by atoms with E-state index in [1.807, 2.05) is 30.3 Å². The predicted octanol–water partition coefficient (Wildman–Crippen LogP) is 5.77. The summed E-state index contributed by atoms with van der Waals surface area (Å²) in [6, 6.07) is 9.92. The Bertz CT molecular complexity index is 1140. The molecule has 0 unspecified atom stereocenters. The van der Waals surface area contributed by atoms with E-state index in [0.717, 1.165) is 37.6 Å². The van der Waals surface area contributed by atoms with Crippen molar-refractivity contribution in [3.8, 4) is 0 Å². The quantitative estimate of drug-likeness (QED) is 0.118. The number of halogens is 3. The van der Waals surface area contributed by atoms with Crippen LogP contribution in [0.1, 0.15) is 84.6 Å². The number of aliphatic carboxylic acids is 2. The van der Waals surface area contributed by atoms with Crippen molar-refractivity contribution in [3.63, 3.8) is 0 Å². The van der Waals surface area contributed by atoms with Crippen LogP contribution in [0.15, 0.2) is 30.3 Å². The van der Waals surface area contributed by atoms with Crippen LogP contribution in [0.4, 0.5) is 0 Å². The van der Waals surface area contributed by atoms with Gasteiger partial charge in [-0.1, -0.05) is 49.6 Å². The molecule has 2 aliphatic heterocycles. The zero-order chi connectivity index (χ0) is 36.9. The van der Waals surface area contributed by atoms with Crippen molar-refractivity contribution in [3.05, 3.63) is 35.9 Å². The number of aliphatic hydroxyl groups is 1. The van der Waals surface area contributed by atoms with Gasteiger partial charge in [-0.3, -0.25) is 14.9 Å². The number of carboxylic acid groups (broad SMARTS) is 2. The van der Waals surface area contributed by atoms with Crippen molar-refractivity contribution >= 4 is 76.6 Å². The van der Waals surface area contributed by atoms with Gasteiger partial charge in [0.25, 0.3) is 0 Å². The lowest BCUT2D eigenvalue weighted by molar-refractivity contribution is -0.157. The molecule has 0 bridgehead atoms. The maximum absolute atomic E-state index is 12.2. The number of aliphatic hydroxyl groups excluding tert-OH is 1. The molecule has 276 valence electrons. The van der Waals surface area contributed by atoms with Crippen LogP contribution in [-0.4, -0.2) is 91.2 Å².